The number of rotatable bonds is 1. The molecule has 2 aromatic carbocycles. The van der Waals surface area contributed by atoms with Crippen LogP contribution in [0.2, 0.25) is 0 Å². The van der Waals surface area contributed by atoms with Gasteiger partial charge in [-0.2, -0.15) is 0 Å². The van der Waals surface area contributed by atoms with E-state index in [2.05, 4.69) is 80.4 Å². The molecule has 0 aliphatic carbocycles. The maximum atomic E-state index is 3.75. The fourth-order valence-electron chi connectivity index (χ4n) is 2.50. The number of hydrogen-bond acceptors (Lipinski definition) is 2. The van der Waals surface area contributed by atoms with E-state index in [1.807, 2.05) is 0 Å². The van der Waals surface area contributed by atoms with E-state index in [-0.39, 0.29) is 0 Å². The predicted octanol–water partition coefficient (Wildman–Crippen LogP) is 7.31. The number of benzene rings is 2. The molecule has 0 radical (unpaired) electrons. The highest BCUT2D eigenvalue weighted by molar-refractivity contribution is 9.11. The lowest BCUT2D eigenvalue weighted by Gasteiger charge is -2.01. The van der Waals surface area contributed by atoms with Gasteiger partial charge in [0.05, 0.1) is 7.57 Å². The molecule has 0 saturated carbocycles. The Kier molecular flexibility index (Phi) is 3.22. The van der Waals surface area contributed by atoms with E-state index < -0.39 is 0 Å². The summed E-state index contributed by atoms with van der Waals surface area (Å²) in [7, 11) is 0. The molecule has 0 spiro atoms. The fraction of sp³-hybridized carbons (Fsp3) is 0. The zero-order chi connectivity index (χ0) is 13.7. The van der Waals surface area contributed by atoms with Crippen molar-refractivity contribution in [3.63, 3.8) is 0 Å². The molecule has 0 fully saturated rings. The van der Waals surface area contributed by atoms with E-state index in [0.717, 1.165) is 0 Å². The van der Waals surface area contributed by atoms with Crippen LogP contribution in [0, 0.1) is 0 Å². The van der Waals surface area contributed by atoms with Crippen LogP contribution in [-0.4, -0.2) is 0 Å². The third-order valence-corrected chi connectivity index (χ3v) is 7.04. The average Bonchev–Trinajstić information content (AvgIpc) is 2.94. The Hall–Kier alpha value is -0.680. The van der Waals surface area contributed by atoms with Gasteiger partial charge >= 0.3 is 0 Å². The van der Waals surface area contributed by atoms with E-state index >= 15 is 0 Å². The zero-order valence-corrected chi connectivity index (χ0v) is 15.0. The molecule has 2 heterocycles. The number of hydrogen-bond donors (Lipinski definition) is 0. The van der Waals surface area contributed by atoms with Crippen molar-refractivity contribution < 1.29 is 0 Å². The summed E-state index contributed by atoms with van der Waals surface area (Å²) < 4.78 is 5.03. The molecule has 0 saturated heterocycles. The van der Waals surface area contributed by atoms with Gasteiger partial charge in [-0.25, -0.2) is 0 Å². The molecule has 4 aromatic rings. The first kappa shape index (κ1) is 13.0. The lowest BCUT2D eigenvalue weighted by atomic mass is 10.0. The van der Waals surface area contributed by atoms with Gasteiger partial charge in [0.2, 0.25) is 0 Å². The minimum atomic E-state index is 1.20. The van der Waals surface area contributed by atoms with E-state index in [1.165, 1.54) is 38.9 Å². The molecule has 0 bridgehead atoms. The Morgan fingerprint density at radius 3 is 1.45 bits per heavy atom. The highest BCUT2D eigenvalue weighted by atomic mass is 79.9. The Morgan fingerprint density at radius 1 is 0.600 bits per heavy atom. The second-order valence-electron chi connectivity index (χ2n) is 4.49. The molecule has 0 unspecified atom stereocenters. The smallest absolute Gasteiger partial charge is 0.0790 e. The Morgan fingerprint density at radius 2 is 1.00 bits per heavy atom. The highest BCUT2D eigenvalue weighted by Gasteiger charge is 2.18. The molecule has 0 nitrogen and oxygen atoms in total. The minimum Gasteiger partial charge on any atom is -0.128 e. The second-order valence-corrected chi connectivity index (χ2v) is 9.23. The quantitative estimate of drug-likeness (QED) is 0.301. The first-order chi connectivity index (χ1) is 9.75. The highest BCUT2D eigenvalue weighted by Crippen LogP contribution is 2.49. The van der Waals surface area contributed by atoms with Crippen LogP contribution in [0.3, 0.4) is 0 Å². The molecule has 0 amide bonds. The molecule has 0 atom stereocenters. The van der Waals surface area contributed by atoms with E-state index in [4.69, 9.17) is 0 Å². The third-order valence-electron chi connectivity index (χ3n) is 3.36. The first-order valence-electron chi connectivity index (χ1n) is 6.10. The van der Waals surface area contributed by atoms with Crippen LogP contribution in [0.25, 0.3) is 31.3 Å². The first-order valence-corrected chi connectivity index (χ1v) is 9.32. The molecule has 98 valence electrons. The van der Waals surface area contributed by atoms with Crippen molar-refractivity contribution in [3.05, 3.63) is 56.1 Å². The molecule has 2 aromatic heterocycles. The molecule has 0 N–H and O–H groups in total. The summed E-state index contributed by atoms with van der Waals surface area (Å²) in [5, 5.41) is 2.63. The number of thiophene rings is 2. The van der Waals surface area contributed by atoms with Crippen LogP contribution >= 0.6 is 54.5 Å². The van der Waals surface area contributed by atoms with Crippen LogP contribution < -0.4 is 0 Å². The Labute approximate surface area is 141 Å². The third kappa shape index (κ3) is 1.90. The van der Waals surface area contributed by atoms with E-state index in [9.17, 15) is 0 Å². The monoisotopic (exact) mass is 422 g/mol. The molecular formula is C16H8Br2S2. The van der Waals surface area contributed by atoms with E-state index in [0.29, 0.717) is 0 Å². The van der Waals surface area contributed by atoms with E-state index in [1.54, 1.807) is 22.7 Å². The number of halogens is 2. The maximum Gasteiger partial charge on any atom is 0.0790 e. The van der Waals surface area contributed by atoms with Crippen molar-refractivity contribution >= 4 is 74.7 Å². The van der Waals surface area contributed by atoms with Crippen LogP contribution in [-0.2, 0) is 0 Å². The predicted molar refractivity (Wildman–Crippen MR) is 98.0 cm³/mol. The fourth-order valence-corrected chi connectivity index (χ4v) is 6.23. The molecule has 4 heteroatoms. The second kappa shape index (κ2) is 4.95. The summed E-state index contributed by atoms with van der Waals surface area (Å²) in [6.07, 6.45) is 0. The van der Waals surface area contributed by atoms with Crippen molar-refractivity contribution in [1.82, 2.24) is 0 Å². The largest absolute Gasteiger partial charge is 0.128 e. The standard InChI is InChI=1S/C16H8Br2S2/c17-15-13(9-5-1-3-7-11(9)19-15)14-10-6-2-4-8-12(10)20-16(14)18/h1-8H. The van der Waals surface area contributed by atoms with Crippen molar-refractivity contribution in [2.24, 2.45) is 0 Å². The molecule has 20 heavy (non-hydrogen) atoms. The van der Waals surface area contributed by atoms with Gasteiger partial charge in [0.25, 0.3) is 0 Å². The lowest BCUT2D eigenvalue weighted by molar-refractivity contribution is 1.79. The van der Waals surface area contributed by atoms with Crippen LogP contribution in [0.1, 0.15) is 0 Å². The minimum absolute atomic E-state index is 1.20. The normalized spacial score (nSPS) is 11.5. The van der Waals surface area contributed by atoms with Gasteiger partial charge in [0.15, 0.2) is 0 Å². The summed E-state index contributed by atoms with van der Waals surface area (Å²) in [4.78, 5) is 0. The van der Waals surface area contributed by atoms with Gasteiger partial charge in [-0.1, -0.05) is 36.4 Å². The van der Waals surface area contributed by atoms with Crippen molar-refractivity contribution in [1.29, 1.82) is 0 Å². The van der Waals surface area contributed by atoms with Crippen LogP contribution in [0.15, 0.2) is 56.1 Å². The molecule has 0 aliphatic rings. The summed E-state index contributed by atoms with van der Waals surface area (Å²) in [5.41, 5.74) is 2.60. The molecule has 0 aliphatic heterocycles. The molecule has 4 rings (SSSR count). The molecular weight excluding hydrogens is 416 g/mol. The van der Waals surface area contributed by atoms with Gasteiger partial charge in [-0.3, -0.25) is 0 Å². The summed E-state index contributed by atoms with van der Waals surface area (Å²) >= 11 is 11.1. The Balaban J connectivity index is 2.16. The summed E-state index contributed by atoms with van der Waals surface area (Å²) in [5.74, 6) is 0. The SMILES string of the molecule is Brc1sc2ccccc2c1-c1c(Br)sc2ccccc12. The summed E-state index contributed by atoms with van der Waals surface area (Å²) in [6.45, 7) is 0. The summed E-state index contributed by atoms with van der Waals surface area (Å²) in [6, 6.07) is 17.1. The maximum absolute atomic E-state index is 3.75. The van der Waals surface area contributed by atoms with Gasteiger partial charge in [-0.05, 0) is 44.0 Å². The van der Waals surface area contributed by atoms with Gasteiger partial charge in [0, 0.05) is 31.3 Å². The van der Waals surface area contributed by atoms with Crippen molar-refractivity contribution in [3.8, 4) is 11.1 Å². The van der Waals surface area contributed by atoms with Gasteiger partial charge in [-0.15, -0.1) is 22.7 Å². The van der Waals surface area contributed by atoms with Gasteiger partial charge in [0.1, 0.15) is 0 Å². The van der Waals surface area contributed by atoms with Crippen LogP contribution in [0.4, 0.5) is 0 Å². The lowest BCUT2D eigenvalue weighted by Crippen LogP contribution is -1.75. The average molecular weight is 424 g/mol. The van der Waals surface area contributed by atoms with Crippen LogP contribution in [0.5, 0.6) is 0 Å². The topological polar surface area (TPSA) is 0 Å². The van der Waals surface area contributed by atoms with Crippen molar-refractivity contribution in [2.75, 3.05) is 0 Å². The van der Waals surface area contributed by atoms with Crippen molar-refractivity contribution in [2.45, 2.75) is 0 Å². The number of fused-ring (bicyclic) bond motifs is 2. The zero-order valence-electron chi connectivity index (χ0n) is 10.2. The Bertz CT molecular complexity index is 856. The van der Waals surface area contributed by atoms with Gasteiger partial charge < -0.3 is 0 Å².